The Hall–Kier alpha value is -5.94. The average molecular weight is 658 g/mol. The number of hydrogen-bond acceptors (Lipinski definition) is 7. The van der Waals surface area contributed by atoms with Crippen molar-refractivity contribution >= 4 is 74.2 Å². The number of carbonyl (C=O) groups excluding carboxylic acids is 1. The number of carbonyl (C=O) groups is 1. The van der Waals surface area contributed by atoms with Gasteiger partial charge in [-0.15, -0.1) is 4.68 Å². The highest BCUT2D eigenvalue weighted by molar-refractivity contribution is 7.98. The molecule has 0 radical (unpaired) electrons. The molecule has 12 rings (SSSR count). The van der Waals surface area contributed by atoms with Crippen LogP contribution in [-0.4, -0.2) is 65.7 Å². The Balaban J connectivity index is 1.45. The van der Waals surface area contributed by atoms with E-state index in [1.165, 1.54) is 0 Å². The number of nitrogens with zero attached hydrogens (tertiary/aromatic N) is 8. The first kappa shape index (κ1) is 27.1. The second kappa shape index (κ2) is 9.80. The molecule has 49 heavy (non-hydrogen) atoms. The molecular formula is C38H27N9OS+2. The number of hydrazine groups is 1. The van der Waals surface area contributed by atoms with Gasteiger partial charge in [0.2, 0.25) is 22.6 Å². The monoisotopic (exact) mass is 657 g/mol. The van der Waals surface area contributed by atoms with E-state index in [9.17, 15) is 0 Å². The van der Waals surface area contributed by atoms with Crippen molar-refractivity contribution in [3.8, 4) is 0 Å². The Morgan fingerprint density at radius 3 is 1.86 bits per heavy atom. The molecule has 0 saturated heterocycles. The van der Waals surface area contributed by atoms with Crippen molar-refractivity contribution < 1.29 is 14.1 Å². The van der Waals surface area contributed by atoms with E-state index in [1.807, 2.05) is 65.3 Å². The lowest BCUT2D eigenvalue weighted by atomic mass is 10.1. The first-order valence-corrected chi connectivity index (χ1v) is 17.7. The summed E-state index contributed by atoms with van der Waals surface area (Å²) in [5.74, 6) is 4.66. The fourth-order valence-electron chi connectivity index (χ4n) is 7.81. The summed E-state index contributed by atoms with van der Waals surface area (Å²) < 4.78 is 8.03. The van der Waals surface area contributed by atoms with Crippen LogP contribution in [0.15, 0.2) is 117 Å². The van der Waals surface area contributed by atoms with Crippen molar-refractivity contribution in [3.63, 3.8) is 0 Å². The zero-order valence-electron chi connectivity index (χ0n) is 26.3. The third-order valence-corrected chi connectivity index (χ3v) is 10.7. The molecule has 6 aromatic rings. The Bertz CT molecular complexity index is 2800. The fourth-order valence-corrected chi connectivity index (χ4v) is 8.28. The Morgan fingerprint density at radius 1 is 0.673 bits per heavy atom. The molecule has 11 heteroatoms. The Labute approximate surface area is 283 Å². The van der Waals surface area contributed by atoms with Crippen LogP contribution in [0.4, 0.5) is 11.6 Å². The van der Waals surface area contributed by atoms with Gasteiger partial charge in [-0.2, -0.15) is 16.3 Å². The van der Waals surface area contributed by atoms with Crippen LogP contribution in [-0.2, 0) is 11.5 Å². The van der Waals surface area contributed by atoms with E-state index in [1.54, 1.807) is 16.3 Å². The maximum absolute atomic E-state index is 15.3. The molecule has 0 spiro atoms. The maximum atomic E-state index is 15.3. The van der Waals surface area contributed by atoms with Crippen molar-refractivity contribution in [1.29, 1.82) is 0 Å². The second-order valence-corrected chi connectivity index (χ2v) is 13.7. The van der Waals surface area contributed by atoms with E-state index >= 15 is 4.79 Å². The quantitative estimate of drug-likeness (QED) is 0.289. The highest BCUT2D eigenvalue weighted by atomic mass is 32.2. The van der Waals surface area contributed by atoms with Crippen molar-refractivity contribution in [2.24, 2.45) is 20.0 Å². The molecule has 8 heterocycles. The number of amides is 1. The number of rotatable bonds is 3. The summed E-state index contributed by atoms with van der Waals surface area (Å²) in [5.41, 5.74) is 8.79. The second-order valence-electron chi connectivity index (χ2n) is 12.7. The van der Waals surface area contributed by atoms with Crippen molar-refractivity contribution in [3.05, 3.63) is 130 Å². The largest absolute Gasteiger partial charge is 0.315 e. The standard InChI is InChI=1S/C38H26N9OS/c1-49-19-18-29-38(48)46-34-25-14-6-7-15-26(25)35(46)40-31-22-11-3-5-13-24(22)33-42-37-28-17-9-8-16-27(28)36(47(37)43-29)41-32-23-12-4-2-10-21(23)30(39-34)44(32)20-45(31)33/h2-17,29H,18-20H2,1H3/q+1/p+1/t29-/m0/s1. The van der Waals surface area contributed by atoms with Crippen molar-refractivity contribution in [1.82, 2.24) is 14.6 Å². The van der Waals surface area contributed by atoms with Gasteiger partial charge < -0.3 is 0 Å². The first-order valence-electron chi connectivity index (χ1n) is 16.4. The van der Waals surface area contributed by atoms with Gasteiger partial charge >= 0.3 is 5.91 Å². The summed E-state index contributed by atoms with van der Waals surface area (Å²) in [6, 6.07) is 32.2. The Kier molecular flexibility index (Phi) is 5.41. The summed E-state index contributed by atoms with van der Waals surface area (Å²) in [4.78, 5) is 37.2. The van der Waals surface area contributed by atoms with Crippen LogP contribution >= 0.6 is 11.8 Å². The molecule has 0 aliphatic carbocycles. The SMILES string of the molecule is CSCC[C@@H]1N[N+]2=C3N=c4c5ccccc5c5n4Cn4c(c6ccccc6c4N=C4c6ccccc6C(=[N+]4C1=O)N=5)N=C2c1ccccc13. The molecule has 10 nitrogen and oxygen atoms in total. The van der Waals surface area contributed by atoms with Gasteiger partial charge in [-0.05, 0) is 67.0 Å². The number of aromatic nitrogens is 2. The van der Waals surface area contributed by atoms with E-state index in [-0.39, 0.29) is 5.91 Å². The third kappa shape index (κ3) is 3.54. The zero-order chi connectivity index (χ0) is 32.4. The van der Waals surface area contributed by atoms with Crippen LogP contribution in [0.1, 0.15) is 28.7 Å². The number of aliphatic imine (C=N–C) groups is 2. The van der Waals surface area contributed by atoms with Gasteiger partial charge in [0.25, 0.3) is 23.3 Å². The van der Waals surface area contributed by atoms with Gasteiger partial charge in [-0.1, -0.05) is 68.5 Å². The van der Waals surface area contributed by atoms with Crippen LogP contribution in [0.3, 0.4) is 0 Å². The van der Waals surface area contributed by atoms with Crippen LogP contribution in [0.25, 0.3) is 21.5 Å². The molecule has 0 unspecified atom stereocenters. The zero-order valence-corrected chi connectivity index (χ0v) is 27.1. The number of thioether (sulfide) groups is 1. The molecule has 1 amide bonds. The number of fused-ring (bicyclic) bond motifs is 6. The molecule has 6 aliphatic rings. The fraction of sp³-hybridized carbons (Fsp3) is 0.132. The van der Waals surface area contributed by atoms with Crippen LogP contribution in [0.2, 0.25) is 0 Å². The lowest BCUT2D eigenvalue weighted by molar-refractivity contribution is -0.484. The van der Waals surface area contributed by atoms with Gasteiger partial charge in [0, 0.05) is 21.5 Å². The van der Waals surface area contributed by atoms with Crippen LogP contribution in [0.5, 0.6) is 0 Å². The van der Waals surface area contributed by atoms with Crippen molar-refractivity contribution in [2.75, 3.05) is 12.0 Å². The molecule has 6 aliphatic heterocycles. The summed E-state index contributed by atoms with van der Waals surface area (Å²) in [7, 11) is 0. The molecule has 234 valence electrons. The van der Waals surface area contributed by atoms with Crippen LogP contribution < -0.4 is 16.4 Å². The van der Waals surface area contributed by atoms with Crippen molar-refractivity contribution in [2.45, 2.75) is 19.1 Å². The molecule has 1 N–H and O–H groups in total. The van der Waals surface area contributed by atoms with Gasteiger partial charge in [0.15, 0.2) is 0 Å². The number of nitrogens with one attached hydrogen (secondary N) is 1. The highest BCUT2D eigenvalue weighted by Crippen LogP contribution is 2.40. The smallest absolute Gasteiger partial charge is 0.263 e. The van der Waals surface area contributed by atoms with E-state index in [0.717, 1.165) is 72.2 Å². The highest BCUT2D eigenvalue weighted by Gasteiger charge is 2.45. The molecule has 0 saturated carbocycles. The van der Waals surface area contributed by atoms with Gasteiger partial charge in [-0.25, -0.2) is 0 Å². The number of hydrogen-bond donors (Lipinski definition) is 1. The van der Waals surface area contributed by atoms with Crippen LogP contribution in [0, 0.1) is 0 Å². The number of hydrazone groups is 1. The lowest BCUT2D eigenvalue weighted by Crippen LogP contribution is -2.51. The number of benzene rings is 4. The Morgan fingerprint density at radius 2 is 1.20 bits per heavy atom. The minimum absolute atomic E-state index is 0.135. The van der Waals surface area contributed by atoms with E-state index in [4.69, 9.17) is 20.0 Å². The topological polar surface area (TPSA) is 94.4 Å². The third-order valence-electron chi connectivity index (χ3n) is 10.0. The normalized spacial score (nSPS) is 18.1. The minimum atomic E-state index is -0.638. The first-order chi connectivity index (χ1) is 24.2. The number of amidine groups is 4. The summed E-state index contributed by atoms with van der Waals surface area (Å²) in [5, 5.41) is 3.85. The van der Waals surface area contributed by atoms with E-state index < -0.39 is 6.04 Å². The van der Waals surface area contributed by atoms with Gasteiger partial charge in [-0.3, -0.25) is 19.4 Å². The van der Waals surface area contributed by atoms with Gasteiger partial charge in [0.1, 0.15) is 12.7 Å². The molecule has 0 fully saturated rings. The van der Waals surface area contributed by atoms with E-state index in [2.05, 4.69) is 57.2 Å². The molecule has 12 bridgehead atoms. The molecule has 4 aromatic carbocycles. The van der Waals surface area contributed by atoms with Gasteiger partial charge in [0.05, 0.1) is 22.3 Å². The van der Waals surface area contributed by atoms with E-state index in [0.29, 0.717) is 36.4 Å². The summed E-state index contributed by atoms with van der Waals surface area (Å²) in [6.45, 7) is 0.365. The predicted molar refractivity (Wildman–Crippen MR) is 191 cm³/mol. The molecule has 2 aromatic heterocycles. The lowest BCUT2D eigenvalue weighted by Gasteiger charge is -2.20. The molecule has 1 atom stereocenters. The average Bonchev–Trinajstić information content (AvgIpc) is 3.80. The molecular weight excluding hydrogens is 631 g/mol. The minimum Gasteiger partial charge on any atom is -0.263 e. The maximum Gasteiger partial charge on any atom is 0.315 e. The predicted octanol–water partition coefficient (Wildman–Crippen LogP) is 4.24. The summed E-state index contributed by atoms with van der Waals surface area (Å²) in [6.07, 6.45) is 2.63. The summed E-state index contributed by atoms with van der Waals surface area (Å²) >= 11 is 1.71.